The molecule has 1 atom stereocenters. The number of hydrogen-bond donors (Lipinski definition) is 1. The van der Waals surface area contributed by atoms with Crippen molar-refractivity contribution in [2.45, 2.75) is 46.6 Å². The summed E-state index contributed by atoms with van der Waals surface area (Å²) in [6, 6.07) is 4.41. The van der Waals surface area contributed by atoms with Crippen LogP contribution in [0.5, 0.6) is 5.75 Å². The molecule has 114 valence electrons. The summed E-state index contributed by atoms with van der Waals surface area (Å²) in [5, 5.41) is 4.14. The zero-order valence-corrected chi connectivity index (χ0v) is 15.1. The van der Waals surface area contributed by atoms with E-state index >= 15 is 0 Å². The molecule has 0 radical (unpaired) electrons. The largest absolute Gasteiger partial charge is 0.490 e. The maximum Gasteiger partial charge on any atom is 0.140 e. The molecule has 2 nitrogen and oxygen atoms in total. The number of nitrogens with one attached hydrogen (secondary N) is 1. The lowest BCUT2D eigenvalue weighted by atomic mass is 10.0. The summed E-state index contributed by atoms with van der Waals surface area (Å²) >= 11 is 9.61. The van der Waals surface area contributed by atoms with E-state index < -0.39 is 0 Å². The molecular weight excluding hydrogens is 338 g/mol. The molecule has 1 unspecified atom stereocenters. The molecule has 0 bridgehead atoms. The maximum absolute atomic E-state index is 6.19. The van der Waals surface area contributed by atoms with E-state index in [-0.39, 0.29) is 0 Å². The highest BCUT2D eigenvalue weighted by molar-refractivity contribution is 9.10. The minimum absolute atomic E-state index is 0.530. The number of aryl methyl sites for hydroxylation is 1. The van der Waals surface area contributed by atoms with Gasteiger partial charge in [0.2, 0.25) is 0 Å². The summed E-state index contributed by atoms with van der Waals surface area (Å²) in [6.45, 7) is 10.2. The second-order valence-corrected chi connectivity index (χ2v) is 7.03. The Bertz CT molecular complexity index is 400. The molecule has 0 fully saturated rings. The lowest BCUT2D eigenvalue weighted by Gasteiger charge is -2.16. The highest BCUT2D eigenvalue weighted by Crippen LogP contribution is 2.31. The minimum atomic E-state index is 0.530. The van der Waals surface area contributed by atoms with Crippen LogP contribution in [0.2, 0.25) is 5.02 Å². The fraction of sp³-hybridized carbons (Fsp3) is 0.625. The third-order valence-electron chi connectivity index (χ3n) is 3.21. The van der Waals surface area contributed by atoms with E-state index in [9.17, 15) is 0 Å². The van der Waals surface area contributed by atoms with Crippen LogP contribution in [0, 0.1) is 12.8 Å². The first-order chi connectivity index (χ1) is 9.40. The smallest absolute Gasteiger partial charge is 0.140 e. The molecule has 1 N–H and O–H groups in total. The van der Waals surface area contributed by atoms with Crippen LogP contribution in [0.1, 0.15) is 39.2 Å². The molecule has 1 aromatic carbocycles. The Hall–Kier alpha value is -0.250. The summed E-state index contributed by atoms with van der Waals surface area (Å²) in [4.78, 5) is 0. The van der Waals surface area contributed by atoms with Crippen molar-refractivity contribution < 1.29 is 4.74 Å². The van der Waals surface area contributed by atoms with Gasteiger partial charge in [-0.3, -0.25) is 0 Å². The normalized spacial score (nSPS) is 12.8. The average Bonchev–Trinajstić information content (AvgIpc) is 2.34. The van der Waals surface area contributed by atoms with Crippen molar-refractivity contribution in [1.82, 2.24) is 5.32 Å². The van der Waals surface area contributed by atoms with Gasteiger partial charge in [0.25, 0.3) is 0 Å². The Kier molecular flexibility index (Phi) is 7.93. The van der Waals surface area contributed by atoms with Crippen molar-refractivity contribution in [2.75, 3.05) is 13.2 Å². The van der Waals surface area contributed by atoms with E-state index in [4.69, 9.17) is 16.3 Å². The van der Waals surface area contributed by atoms with Gasteiger partial charge in [-0.1, -0.05) is 41.4 Å². The van der Waals surface area contributed by atoms with Gasteiger partial charge < -0.3 is 10.1 Å². The van der Waals surface area contributed by atoms with Crippen molar-refractivity contribution >= 4 is 27.5 Å². The molecule has 20 heavy (non-hydrogen) atoms. The fourth-order valence-electron chi connectivity index (χ4n) is 2.02. The zero-order valence-electron chi connectivity index (χ0n) is 12.8. The molecular formula is C16H25BrClNO. The van der Waals surface area contributed by atoms with Gasteiger partial charge in [-0.25, -0.2) is 0 Å². The van der Waals surface area contributed by atoms with Crippen LogP contribution in [0.15, 0.2) is 16.6 Å². The predicted octanol–water partition coefficient (Wildman–Crippen LogP) is 5.20. The van der Waals surface area contributed by atoms with Gasteiger partial charge in [-0.05, 0) is 50.3 Å². The molecule has 0 amide bonds. The van der Waals surface area contributed by atoms with Crippen molar-refractivity contribution in [3.8, 4) is 5.75 Å². The van der Waals surface area contributed by atoms with Crippen molar-refractivity contribution in [3.05, 3.63) is 27.2 Å². The summed E-state index contributed by atoms with van der Waals surface area (Å²) in [5.74, 6) is 1.55. The lowest BCUT2D eigenvalue weighted by molar-refractivity contribution is 0.301. The van der Waals surface area contributed by atoms with Gasteiger partial charge in [0.05, 0.1) is 5.02 Å². The SMILES string of the molecule is Cc1cc(Br)cc(Cl)c1OCCNC(C)CCC(C)C. The Morgan fingerprint density at radius 2 is 1.95 bits per heavy atom. The van der Waals surface area contributed by atoms with Gasteiger partial charge >= 0.3 is 0 Å². The fourth-order valence-corrected chi connectivity index (χ4v) is 3.04. The topological polar surface area (TPSA) is 21.3 Å². The third-order valence-corrected chi connectivity index (χ3v) is 3.95. The quantitative estimate of drug-likeness (QED) is 0.641. The van der Waals surface area contributed by atoms with Gasteiger partial charge in [0, 0.05) is 17.1 Å². The van der Waals surface area contributed by atoms with E-state index in [0.717, 1.165) is 28.2 Å². The molecule has 0 spiro atoms. The molecule has 1 rings (SSSR count). The lowest BCUT2D eigenvalue weighted by Crippen LogP contribution is -2.30. The van der Waals surface area contributed by atoms with E-state index in [0.29, 0.717) is 17.7 Å². The second kappa shape index (κ2) is 8.91. The van der Waals surface area contributed by atoms with Crippen LogP contribution in [0.3, 0.4) is 0 Å². The molecule has 0 saturated heterocycles. The highest BCUT2D eigenvalue weighted by atomic mass is 79.9. The number of hydrogen-bond acceptors (Lipinski definition) is 2. The predicted molar refractivity (Wildman–Crippen MR) is 90.9 cm³/mol. The number of halogens is 2. The Morgan fingerprint density at radius 3 is 2.55 bits per heavy atom. The highest BCUT2D eigenvalue weighted by Gasteiger charge is 2.08. The number of benzene rings is 1. The van der Waals surface area contributed by atoms with Gasteiger partial charge in [0.15, 0.2) is 0 Å². The van der Waals surface area contributed by atoms with Crippen LogP contribution < -0.4 is 10.1 Å². The first-order valence-corrected chi connectivity index (χ1v) is 8.39. The van der Waals surface area contributed by atoms with Gasteiger partial charge in [-0.15, -0.1) is 0 Å². The summed E-state index contributed by atoms with van der Waals surface area (Å²) < 4.78 is 6.76. The molecule has 0 aromatic heterocycles. The van der Waals surface area contributed by atoms with Crippen LogP contribution in [0.25, 0.3) is 0 Å². The van der Waals surface area contributed by atoms with Crippen LogP contribution in [-0.4, -0.2) is 19.2 Å². The summed E-state index contributed by atoms with van der Waals surface area (Å²) in [5.41, 5.74) is 1.05. The van der Waals surface area contributed by atoms with E-state index in [1.165, 1.54) is 12.8 Å². The first kappa shape index (κ1) is 17.8. The number of rotatable bonds is 8. The Balaban J connectivity index is 2.31. The van der Waals surface area contributed by atoms with Gasteiger partial charge in [-0.2, -0.15) is 0 Å². The molecule has 0 aliphatic heterocycles. The van der Waals surface area contributed by atoms with Crippen LogP contribution in [0.4, 0.5) is 0 Å². The monoisotopic (exact) mass is 361 g/mol. The van der Waals surface area contributed by atoms with Crippen molar-refractivity contribution in [2.24, 2.45) is 5.92 Å². The molecule has 0 aliphatic carbocycles. The van der Waals surface area contributed by atoms with Crippen molar-refractivity contribution in [3.63, 3.8) is 0 Å². The number of ether oxygens (including phenoxy) is 1. The van der Waals surface area contributed by atoms with E-state index in [2.05, 4.69) is 42.0 Å². The first-order valence-electron chi connectivity index (χ1n) is 7.22. The average molecular weight is 363 g/mol. The summed E-state index contributed by atoms with van der Waals surface area (Å²) in [6.07, 6.45) is 2.46. The second-order valence-electron chi connectivity index (χ2n) is 5.71. The van der Waals surface area contributed by atoms with Crippen LogP contribution >= 0.6 is 27.5 Å². The van der Waals surface area contributed by atoms with E-state index in [1.807, 2.05) is 19.1 Å². The molecule has 0 aliphatic rings. The van der Waals surface area contributed by atoms with Crippen LogP contribution in [-0.2, 0) is 0 Å². The maximum atomic E-state index is 6.19. The minimum Gasteiger partial charge on any atom is -0.490 e. The zero-order chi connectivity index (χ0) is 15.1. The Morgan fingerprint density at radius 1 is 1.25 bits per heavy atom. The molecule has 0 heterocycles. The van der Waals surface area contributed by atoms with E-state index in [1.54, 1.807) is 0 Å². The van der Waals surface area contributed by atoms with Gasteiger partial charge in [0.1, 0.15) is 12.4 Å². The Labute approximate surface area is 136 Å². The molecule has 0 saturated carbocycles. The summed E-state index contributed by atoms with van der Waals surface area (Å²) in [7, 11) is 0. The molecule has 1 aromatic rings. The van der Waals surface area contributed by atoms with Crippen molar-refractivity contribution in [1.29, 1.82) is 0 Å². The molecule has 4 heteroatoms. The third kappa shape index (κ3) is 6.47. The standard InChI is InChI=1S/C16H25BrClNO/c1-11(2)5-6-13(4)19-7-8-20-16-12(3)9-14(17)10-15(16)18/h9-11,13,19H,5-8H2,1-4H3.